The Kier molecular flexibility index (Phi) is 11.8. The van der Waals surface area contributed by atoms with E-state index >= 15 is 0 Å². The standard InChI is InChI=1S/C2H8O6P2.Li.H/c3-9(4)7-1-2-8-10(5)6;;/h9-10H,1-2H2,(H,3,4)(H,5,6);;. The van der Waals surface area contributed by atoms with Gasteiger partial charge < -0.3 is 18.8 Å². The van der Waals surface area contributed by atoms with Crippen LogP contribution in [0.1, 0.15) is 0 Å². The number of rotatable bonds is 5. The van der Waals surface area contributed by atoms with Crippen LogP contribution in [0.3, 0.4) is 0 Å². The fraction of sp³-hybridized carbons (Fsp3) is 1.00. The van der Waals surface area contributed by atoms with E-state index in [1.165, 1.54) is 0 Å². The zero-order valence-electron chi connectivity index (χ0n) is 4.94. The Balaban J connectivity index is 0. The fourth-order valence-electron chi connectivity index (χ4n) is 0.258. The first kappa shape index (κ1) is 14.4. The van der Waals surface area contributed by atoms with Crippen molar-refractivity contribution in [1.82, 2.24) is 0 Å². The van der Waals surface area contributed by atoms with E-state index in [0.29, 0.717) is 0 Å². The van der Waals surface area contributed by atoms with Gasteiger partial charge in [-0.05, 0) is 0 Å². The van der Waals surface area contributed by atoms with E-state index < -0.39 is 16.5 Å². The molecule has 2 atom stereocenters. The molecule has 0 rings (SSSR count). The molecule has 11 heavy (non-hydrogen) atoms. The minimum absolute atomic E-state index is 0. The third kappa shape index (κ3) is 13.8. The van der Waals surface area contributed by atoms with Crippen molar-refractivity contribution in [3.05, 3.63) is 0 Å². The molecule has 2 unspecified atom stereocenters. The summed E-state index contributed by atoms with van der Waals surface area (Å²) in [5.41, 5.74) is 0. The zero-order chi connectivity index (χ0) is 7.98. The van der Waals surface area contributed by atoms with Crippen molar-refractivity contribution in [3.63, 3.8) is 0 Å². The van der Waals surface area contributed by atoms with Crippen LogP contribution in [0.4, 0.5) is 0 Å². The monoisotopic (exact) mass is 198 g/mol. The van der Waals surface area contributed by atoms with Gasteiger partial charge in [-0.2, -0.15) is 0 Å². The van der Waals surface area contributed by atoms with E-state index in [4.69, 9.17) is 9.79 Å². The summed E-state index contributed by atoms with van der Waals surface area (Å²) in [6, 6.07) is 0. The molecule has 6 nitrogen and oxygen atoms in total. The fourth-order valence-corrected chi connectivity index (χ4v) is 0.774. The Hall–Kier alpha value is 0.897. The van der Waals surface area contributed by atoms with Crippen molar-refractivity contribution in [2.45, 2.75) is 0 Å². The predicted molar refractivity (Wildman–Crippen MR) is 41.5 cm³/mol. The molecule has 0 aliphatic rings. The molecule has 0 saturated heterocycles. The van der Waals surface area contributed by atoms with Crippen LogP contribution in [0.5, 0.6) is 0 Å². The van der Waals surface area contributed by atoms with Crippen LogP contribution in [0.2, 0.25) is 0 Å². The summed E-state index contributed by atoms with van der Waals surface area (Å²) in [5.74, 6) is 0. The first-order chi connectivity index (χ1) is 4.63. The molecule has 0 fully saturated rings. The van der Waals surface area contributed by atoms with Crippen molar-refractivity contribution < 1.29 is 28.0 Å². The van der Waals surface area contributed by atoms with E-state index in [1.54, 1.807) is 0 Å². The molecular formula is C2H9LiO6P2. The zero-order valence-corrected chi connectivity index (χ0v) is 6.94. The molecule has 0 aliphatic carbocycles. The van der Waals surface area contributed by atoms with Gasteiger partial charge in [0, 0.05) is 0 Å². The van der Waals surface area contributed by atoms with E-state index in [0.717, 1.165) is 0 Å². The first-order valence-electron chi connectivity index (χ1n) is 2.34. The molecule has 0 bridgehead atoms. The molecule has 0 heterocycles. The summed E-state index contributed by atoms with van der Waals surface area (Å²) in [6.45, 7) is -0.295. The average molecular weight is 198 g/mol. The summed E-state index contributed by atoms with van der Waals surface area (Å²) < 4.78 is 27.9. The number of hydrogen-bond acceptors (Lipinski definition) is 4. The van der Waals surface area contributed by atoms with E-state index in [9.17, 15) is 9.13 Å². The van der Waals surface area contributed by atoms with Gasteiger partial charge in [0.1, 0.15) is 0 Å². The maximum atomic E-state index is 9.82. The molecule has 64 valence electrons. The second-order valence-corrected chi connectivity index (χ2v) is 2.87. The van der Waals surface area contributed by atoms with Crippen LogP contribution in [-0.4, -0.2) is 41.9 Å². The number of hydrogen-bond donors (Lipinski definition) is 2. The average Bonchev–Trinajstić information content (AvgIpc) is 1.79. The van der Waals surface area contributed by atoms with Gasteiger partial charge in [0.05, 0.1) is 13.2 Å². The van der Waals surface area contributed by atoms with E-state index in [2.05, 4.69) is 9.05 Å². The molecule has 0 aromatic carbocycles. The van der Waals surface area contributed by atoms with Crippen LogP contribution >= 0.6 is 16.5 Å². The summed E-state index contributed by atoms with van der Waals surface area (Å²) in [6.07, 6.45) is 0. The van der Waals surface area contributed by atoms with Gasteiger partial charge in [0.25, 0.3) is 0 Å². The normalized spacial score (nSPS) is 15.1. The third-order valence-electron chi connectivity index (χ3n) is 0.534. The first-order valence-corrected chi connectivity index (χ1v) is 4.87. The molecule has 0 aromatic heterocycles. The predicted octanol–water partition coefficient (Wildman–Crippen LogP) is -0.865. The Morgan fingerprint density at radius 3 is 1.45 bits per heavy atom. The van der Waals surface area contributed by atoms with Crippen molar-refractivity contribution in [1.29, 1.82) is 0 Å². The summed E-state index contributed by atoms with van der Waals surface area (Å²) in [5, 5.41) is 0. The molecule has 0 spiro atoms. The third-order valence-corrected chi connectivity index (χ3v) is 1.44. The van der Waals surface area contributed by atoms with Crippen LogP contribution in [0.25, 0.3) is 0 Å². The maximum absolute atomic E-state index is 9.82. The van der Waals surface area contributed by atoms with Gasteiger partial charge in [-0.1, -0.05) is 0 Å². The topological polar surface area (TPSA) is 93.1 Å². The summed E-state index contributed by atoms with van der Waals surface area (Å²) >= 11 is 0. The summed E-state index contributed by atoms with van der Waals surface area (Å²) in [4.78, 5) is 16.1. The minimum atomic E-state index is -2.93. The Labute approximate surface area is 77.0 Å². The Bertz CT molecular complexity index is 123. The van der Waals surface area contributed by atoms with E-state index in [1.807, 2.05) is 0 Å². The molecule has 0 aromatic rings. The second kappa shape index (κ2) is 8.99. The van der Waals surface area contributed by atoms with Crippen molar-refractivity contribution in [2.24, 2.45) is 0 Å². The molecule has 0 amide bonds. The van der Waals surface area contributed by atoms with Crippen molar-refractivity contribution in [3.8, 4) is 0 Å². The van der Waals surface area contributed by atoms with Gasteiger partial charge in [-0.15, -0.1) is 0 Å². The van der Waals surface area contributed by atoms with Gasteiger partial charge >= 0.3 is 35.4 Å². The van der Waals surface area contributed by atoms with Gasteiger partial charge in [-0.25, -0.2) is 0 Å². The molecule has 9 heteroatoms. The molecule has 0 saturated carbocycles. The second-order valence-electron chi connectivity index (χ2n) is 1.23. The van der Waals surface area contributed by atoms with Gasteiger partial charge in [0.2, 0.25) is 0 Å². The molecule has 0 radical (unpaired) electrons. The van der Waals surface area contributed by atoms with Gasteiger partial charge in [-0.3, -0.25) is 9.13 Å². The molecular weight excluding hydrogens is 189 g/mol. The van der Waals surface area contributed by atoms with E-state index in [-0.39, 0.29) is 32.1 Å². The van der Waals surface area contributed by atoms with Crippen molar-refractivity contribution in [2.75, 3.05) is 13.2 Å². The van der Waals surface area contributed by atoms with Crippen molar-refractivity contribution >= 4 is 35.4 Å². The Morgan fingerprint density at radius 1 is 1.00 bits per heavy atom. The SMILES string of the molecule is O=[PH](O)OCCO[PH](=O)O.[LiH]. The molecule has 2 N–H and O–H groups in total. The van der Waals surface area contributed by atoms with Crippen LogP contribution < -0.4 is 0 Å². The quantitative estimate of drug-likeness (QED) is 0.339. The van der Waals surface area contributed by atoms with Crippen LogP contribution in [0.15, 0.2) is 0 Å². The van der Waals surface area contributed by atoms with Crippen LogP contribution in [-0.2, 0) is 18.2 Å². The van der Waals surface area contributed by atoms with Gasteiger partial charge in [0.15, 0.2) is 0 Å². The molecule has 0 aliphatic heterocycles. The summed E-state index contributed by atoms with van der Waals surface area (Å²) in [7, 11) is -5.87. The Morgan fingerprint density at radius 2 is 1.27 bits per heavy atom. The van der Waals surface area contributed by atoms with Crippen LogP contribution in [0, 0.1) is 0 Å².